The lowest BCUT2D eigenvalue weighted by Gasteiger charge is -2.08. The van der Waals surface area contributed by atoms with Gasteiger partial charge in [-0.2, -0.15) is 0 Å². The SMILES string of the molecule is O=C(NCCO)OCCOCCOC(=O)NCCO. The Morgan fingerprint density at radius 2 is 1.21 bits per heavy atom. The zero-order valence-corrected chi connectivity index (χ0v) is 10.6. The molecule has 4 N–H and O–H groups in total. The molecule has 0 saturated carbocycles. The first-order valence-electron chi connectivity index (χ1n) is 5.81. The quantitative estimate of drug-likeness (QED) is 0.356. The van der Waals surface area contributed by atoms with Crippen LogP contribution in [0.3, 0.4) is 0 Å². The van der Waals surface area contributed by atoms with Crippen LogP contribution in [-0.2, 0) is 14.2 Å². The minimum Gasteiger partial charge on any atom is -0.447 e. The molecule has 9 heteroatoms. The van der Waals surface area contributed by atoms with E-state index in [-0.39, 0.29) is 52.7 Å². The molecule has 0 aliphatic heterocycles. The predicted molar refractivity (Wildman–Crippen MR) is 63.7 cm³/mol. The van der Waals surface area contributed by atoms with Crippen LogP contribution in [0.1, 0.15) is 0 Å². The van der Waals surface area contributed by atoms with E-state index in [1.807, 2.05) is 0 Å². The van der Waals surface area contributed by atoms with Gasteiger partial charge in [0, 0.05) is 13.1 Å². The maximum absolute atomic E-state index is 10.9. The van der Waals surface area contributed by atoms with E-state index in [1.54, 1.807) is 0 Å². The summed E-state index contributed by atoms with van der Waals surface area (Å²) in [7, 11) is 0. The van der Waals surface area contributed by atoms with Gasteiger partial charge in [-0.15, -0.1) is 0 Å². The van der Waals surface area contributed by atoms with Crippen LogP contribution in [0.2, 0.25) is 0 Å². The number of aliphatic hydroxyl groups excluding tert-OH is 2. The molecule has 19 heavy (non-hydrogen) atoms. The Morgan fingerprint density at radius 3 is 1.58 bits per heavy atom. The van der Waals surface area contributed by atoms with Gasteiger partial charge in [-0.1, -0.05) is 0 Å². The molecule has 0 spiro atoms. The van der Waals surface area contributed by atoms with Crippen LogP contribution >= 0.6 is 0 Å². The molecule has 0 unspecified atom stereocenters. The third-order valence-corrected chi connectivity index (χ3v) is 1.68. The highest BCUT2D eigenvalue weighted by Crippen LogP contribution is 1.83. The number of carbonyl (C=O) groups excluding carboxylic acids is 2. The molecule has 9 nitrogen and oxygen atoms in total. The summed E-state index contributed by atoms with van der Waals surface area (Å²) >= 11 is 0. The van der Waals surface area contributed by atoms with Crippen molar-refractivity contribution in [3.63, 3.8) is 0 Å². The van der Waals surface area contributed by atoms with Gasteiger partial charge in [-0.3, -0.25) is 0 Å². The van der Waals surface area contributed by atoms with Crippen molar-refractivity contribution >= 4 is 12.2 Å². The molecule has 0 aromatic carbocycles. The second-order valence-electron chi connectivity index (χ2n) is 3.18. The van der Waals surface area contributed by atoms with Gasteiger partial charge in [-0.05, 0) is 0 Å². The van der Waals surface area contributed by atoms with E-state index in [0.717, 1.165) is 0 Å². The van der Waals surface area contributed by atoms with Crippen molar-refractivity contribution in [2.45, 2.75) is 0 Å². The first kappa shape index (κ1) is 17.4. The van der Waals surface area contributed by atoms with Gasteiger partial charge in [0.1, 0.15) is 13.2 Å². The fourth-order valence-electron chi connectivity index (χ4n) is 0.907. The zero-order valence-electron chi connectivity index (χ0n) is 10.6. The van der Waals surface area contributed by atoms with Crippen LogP contribution < -0.4 is 10.6 Å². The number of hydrogen-bond acceptors (Lipinski definition) is 7. The Bertz CT molecular complexity index is 226. The molecule has 0 fully saturated rings. The fourth-order valence-corrected chi connectivity index (χ4v) is 0.907. The number of rotatable bonds is 10. The van der Waals surface area contributed by atoms with Gasteiger partial charge in [0.15, 0.2) is 0 Å². The van der Waals surface area contributed by atoms with Crippen molar-refractivity contribution in [1.29, 1.82) is 0 Å². The molecular weight excluding hydrogens is 260 g/mol. The monoisotopic (exact) mass is 280 g/mol. The normalized spacial score (nSPS) is 9.79. The van der Waals surface area contributed by atoms with Gasteiger partial charge in [0.2, 0.25) is 0 Å². The maximum Gasteiger partial charge on any atom is 0.407 e. The lowest BCUT2D eigenvalue weighted by atomic mass is 10.7. The highest BCUT2D eigenvalue weighted by atomic mass is 16.6. The molecule has 0 radical (unpaired) electrons. The molecule has 0 aromatic rings. The lowest BCUT2D eigenvalue weighted by molar-refractivity contribution is 0.0452. The van der Waals surface area contributed by atoms with Gasteiger partial charge in [0.05, 0.1) is 26.4 Å². The molecule has 0 rings (SSSR count). The van der Waals surface area contributed by atoms with Crippen LogP contribution in [0.4, 0.5) is 9.59 Å². The summed E-state index contributed by atoms with van der Waals surface area (Å²) in [5.41, 5.74) is 0. The second kappa shape index (κ2) is 12.9. The van der Waals surface area contributed by atoms with Crippen LogP contribution in [-0.4, -0.2) is 75.1 Å². The Balaban J connectivity index is 3.22. The minimum absolute atomic E-state index is 0.0635. The summed E-state index contributed by atoms with van der Waals surface area (Å²) in [4.78, 5) is 21.8. The number of alkyl carbamates (subject to hydrolysis) is 2. The highest BCUT2D eigenvalue weighted by Gasteiger charge is 2.01. The number of amides is 2. The summed E-state index contributed by atoms with van der Waals surface area (Å²) in [5.74, 6) is 0. The van der Waals surface area contributed by atoms with Crippen molar-refractivity contribution in [2.75, 3.05) is 52.7 Å². The van der Waals surface area contributed by atoms with Crippen LogP contribution in [0, 0.1) is 0 Å². The molecule has 2 amide bonds. The van der Waals surface area contributed by atoms with Gasteiger partial charge < -0.3 is 35.1 Å². The maximum atomic E-state index is 10.9. The predicted octanol–water partition coefficient (Wildman–Crippen LogP) is -1.56. The van der Waals surface area contributed by atoms with Crippen LogP contribution in [0.5, 0.6) is 0 Å². The first-order valence-corrected chi connectivity index (χ1v) is 5.81. The average Bonchev–Trinajstić information content (AvgIpc) is 2.41. The summed E-state index contributed by atoms with van der Waals surface area (Å²) in [6, 6.07) is 0. The van der Waals surface area contributed by atoms with Crippen molar-refractivity contribution in [2.24, 2.45) is 0 Å². The Labute approximate surface area is 110 Å². The van der Waals surface area contributed by atoms with Crippen LogP contribution in [0.25, 0.3) is 0 Å². The third-order valence-electron chi connectivity index (χ3n) is 1.68. The lowest BCUT2D eigenvalue weighted by Crippen LogP contribution is -2.29. The molecular formula is C10H20N2O7. The van der Waals surface area contributed by atoms with E-state index in [0.29, 0.717) is 0 Å². The Morgan fingerprint density at radius 1 is 0.789 bits per heavy atom. The largest absolute Gasteiger partial charge is 0.447 e. The molecule has 0 atom stereocenters. The van der Waals surface area contributed by atoms with E-state index < -0.39 is 12.2 Å². The standard InChI is InChI=1S/C10H20N2O7/c13-3-1-11-9(15)18-7-5-17-6-8-19-10(16)12-2-4-14/h13-14H,1-8H2,(H,11,15)(H,12,16). The fraction of sp³-hybridized carbons (Fsp3) is 0.800. The van der Waals surface area contributed by atoms with E-state index >= 15 is 0 Å². The topological polar surface area (TPSA) is 126 Å². The molecule has 0 saturated heterocycles. The van der Waals surface area contributed by atoms with Gasteiger partial charge >= 0.3 is 12.2 Å². The number of ether oxygens (including phenoxy) is 3. The van der Waals surface area contributed by atoms with Gasteiger partial charge in [-0.25, -0.2) is 9.59 Å². The molecule has 0 aliphatic rings. The molecule has 0 heterocycles. The van der Waals surface area contributed by atoms with E-state index in [1.165, 1.54) is 0 Å². The Hall–Kier alpha value is -1.58. The highest BCUT2D eigenvalue weighted by molar-refractivity contribution is 5.67. The van der Waals surface area contributed by atoms with E-state index in [2.05, 4.69) is 10.6 Å². The number of carbonyl (C=O) groups is 2. The summed E-state index contributed by atoms with van der Waals surface area (Å²) < 4.78 is 14.4. The average molecular weight is 280 g/mol. The second-order valence-corrected chi connectivity index (χ2v) is 3.18. The summed E-state index contributed by atoms with van der Waals surface area (Å²) in [6.45, 7) is 0.444. The van der Waals surface area contributed by atoms with Crippen LogP contribution in [0.15, 0.2) is 0 Å². The third kappa shape index (κ3) is 12.7. The van der Waals surface area contributed by atoms with Crippen molar-refractivity contribution in [3.05, 3.63) is 0 Å². The first-order chi connectivity index (χ1) is 9.20. The van der Waals surface area contributed by atoms with Crippen molar-refractivity contribution in [1.82, 2.24) is 10.6 Å². The number of hydrogen-bond donors (Lipinski definition) is 4. The minimum atomic E-state index is -0.628. The molecule has 0 aliphatic carbocycles. The zero-order chi connectivity index (χ0) is 14.3. The van der Waals surface area contributed by atoms with E-state index in [9.17, 15) is 9.59 Å². The van der Waals surface area contributed by atoms with Crippen molar-refractivity contribution in [3.8, 4) is 0 Å². The van der Waals surface area contributed by atoms with E-state index in [4.69, 9.17) is 24.4 Å². The number of aliphatic hydroxyl groups is 2. The number of nitrogens with one attached hydrogen (secondary N) is 2. The summed E-state index contributed by atoms with van der Waals surface area (Å²) in [5, 5.41) is 21.5. The van der Waals surface area contributed by atoms with Crippen molar-refractivity contribution < 1.29 is 34.0 Å². The Kier molecular flexibility index (Phi) is 11.8. The molecule has 0 aromatic heterocycles. The smallest absolute Gasteiger partial charge is 0.407 e. The van der Waals surface area contributed by atoms with Gasteiger partial charge in [0.25, 0.3) is 0 Å². The molecule has 0 bridgehead atoms. The summed E-state index contributed by atoms with van der Waals surface area (Å²) in [6.07, 6.45) is -1.26. The molecule has 112 valence electrons.